The van der Waals surface area contributed by atoms with Crippen molar-refractivity contribution >= 4 is 56.9 Å². The standard InChI is InChI=1S/C20H36N5O2.C20H35N4O.C20H34N3O.C19H34N5O2.C18H30N3O/c1-25(14-15-26)12-9-23(10-13-25)7-2-5-22-6-8-24-11-16-27-20-17-18(21)3-4-19(20)24;1-24(2)14-11-22(12-15-24)9-5-3-4-6-10-23-13-16-25-20-17-18(21)7-8-19(20)23;1-23(14-7-4-8-15-23)13-6-3-2-5-11-22-12-16-24-20-17-18(21)9-10-19(20)22;1-24(13-14-25)11-8-22(9-12-24)6-4-21-5-7-23-10-15-26-19-16-17(20)2-3-18(19)23;1-21(12-5-6-13-21)11-4-2-3-9-20-10-14-22-18-15-16(19)7-8-17(18)20/h3-4,17,22,26H,2,5-16,21H2,1H3;7-8,17H,3-6,9-16,21H2,1-2H3;9-10,17H,2-8,11-16,21H2,1H3;2-3,16,21,25H,4-15,20H2,1H3;7-8,15H,2-6,9-14,19H2,1H3/q5*+1. The zero-order valence-electron chi connectivity index (χ0n) is 77.9. The lowest BCUT2D eigenvalue weighted by atomic mass is 10.1. The first-order valence-electron chi connectivity index (χ1n) is 48.4. The van der Waals surface area contributed by atoms with Crippen LogP contribution in [0.5, 0.6) is 28.7 Å². The van der Waals surface area contributed by atoms with E-state index in [-0.39, 0.29) is 6.61 Å². The lowest BCUT2D eigenvalue weighted by Gasteiger charge is -2.41. The molecule has 5 saturated heterocycles. The molecule has 0 unspecified atom stereocenters. The fourth-order valence-electron chi connectivity index (χ4n) is 19.5. The van der Waals surface area contributed by atoms with Crippen LogP contribution in [0.25, 0.3) is 0 Å². The van der Waals surface area contributed by atoms with Crippen LogP contribution in [0.1, 0.15) is 109 Å². The Morgan fingerprint density at radius 3 is 0.887 bits per heavy atom. The number of likely N-dealkylation sites (N-methyl/N-ethyl adjacent to an activating group) is 3. The van der Waals surface area contributed by atoms with E-state index >= 15 is 0 Å². The Bertz CT molecular complexity index is 3880. The van der Waals surface area contributed by atoms with Crippen molar-refractivity contribution in [2.75, 3.05) is 384 Å². The molecule has 5 fully saturated rings. The number of nitrogens with one attached hydrogen (secondary N) is 2. The van der Waals surface area contributed by atoms with Crippen LogP contribution in [0.2, 0.25) is 0 Å². The van der Waals surface area contributed by atoms with Crippen LogP contribution < -0.4 is 87.5 Å². The number of aliphatic hydroxyl groups excluding tert-OH is 2. The molecule has 10 aliphatic rings. The summed E-state index contributed by atoms with van der Waals surface area (Å²) in [5.74, 6) is 4.63. The van der Waals surface area contributed by atoms with Crippen LogP contribution in [-0.4, -0.2) is 378 Å². The van der Waals surface area contributed by atoms with Crippen molar-refractivity contribution < 1.29 is 56.3 Å². The highest BCUT2D eigenvalue weighted by Crippen LogP contribution is 2.39. The molecule has 5 aromatic carbocycles. The van der Waals surface area contributed by atoms with E-state index in [9.17, 15) is 10.2 Å². The third kappa shape index (κ3) is 31.8. The van der Waals surface area contributed by atoms with Crippen LogP contribution in [-0.2, 0) is 0 Å². The number of benzene rings is 5. The summed E-state index contributed by atoms with van der Waals surface area (Å²) in [6, 6.07) is 29.9. The van der Waals surface area contributed by atoms with Gasteiger partial charge in [0.15, 0.2) is 0 Å². The first kappa shape index (κ1) is 97.2. The summed E-state index contributed by atoms with van der Waals surface area (Å²) in [5.41, 5.74) is 39.0. The van der Waals surface area contributed by atoms with E-state index in [1.165, 1.54) is 212 Å². The predicted molar refractivity (Wildman–Crippen MR) is 516 cm³/mol. The number of hydrogen-bond donors (Lipinski definition) is 9. The number of aliphatic hydroxyl groups is 2. The molecule has 15 rings (SSSR count). The van der Waals surface area contributed by atoms with Crippen LogP contribution in [0, 0.1) is 0 Å². The smallest absolute Gasteiger partial charge is 0.144 e. The molecule has 0 aliphatic carbocycles. The maximum Gasteiger partial charge on any atom is 0.144 e. The number of unbranched alkanes of at least 4 members (excludes halogenated alkanes) is 8. The maximum atomic E-state index is 9.18. The van der Waals surface area contributed by atoms with Gasteiger partial charge in [0.2, 0.25) is 0 Å². The number of anilines is 10. The Labute approximate surface area is 747 Å². The molecule has 10 heterocycles. The van der Waals surface area contributed by atoms with Gasteiger partial charge in [0.25, 0.3) is 0 Å². The quantitative estimate of drug-likeness (QED) is 0.0102. The van der Waals surface area contributed by atoms with Gasteiger partial charge in [0.05, 0.1) is 195 Å². The number of nitrogen functional groups attached to an aromatic ring is 5. The highest BCUT2D eigenvalue weighted by atomic mass is 16.5. The molecule has 27 heteroatoms. The second-order valence-electron chi connectivity index (χ2n) is 38.8. The average Bonchev–Trinajstić information content (AvgIpc) is 1.37. The number of hydrogen-bond acceptors (Lipinski definition) is 22. The average molecular weight is 1730 g/mol. The van der Waals surface area contributed by atoms with Gasteiger partial charge >= 0.3 is 0 Å². The fourth-order valence-corrected chi connectivity index (χ4v) is 19.5. The second-order valence-corrected chi connectivity index (χ2v) is 38.8. The molecule has 0 aromatic heterocycles. The van der Waals surface area contributed by atoms with Crippen molar-refractivity contribution in [1.82, 2.24) is 25.3 Å². The van der Waals surface area contributed by atoms with E-state index < -0.39 is 0 Å². The Morgan fingerprint density at radius 2 is 0.540 bits per heavy atom. The Morgan fingerprint density at radius 1 is 0.274 bits per heavy atom. The largest absolute Gasteiger partial charge is 0.489 e. The number of piperidine rings is 1. The molecule has 694 valence electrons. The van der Waals surface area contributed by atoms with E-state index in [1.807, 2.05) is 60.7 Å². The van der Waals surface area contributed by atoms with Crippen LogP contribution in [0.15, 0.2) is 91.0 Å². The molecule has 0 bridgehead atoms. The van der Waals surface area contributed by atoms with Gasteiger partial charge in [-0.15, -0.1) is 0 Å². The van der Waals surface area contributed by atoms with Gasteiger partial charge in [0.1, 0.15) is 74.9 Å². The first-order valence-corrected chi connectivity index (χ1v) is 48.4. The number of quaternary nitrogens is 5. The number of nitrogens with zero attached hydrogens (tertiary/aromatic N) is 13. The molecule has 0 radical (unpaired) electrons. The number of likely N-dealkylation sites (tertiary alicyclic amines) is 2. The highest BCUT2D eigenvalue weighted by molar-refractivity contribution is 5.69. The van der Waals surface area contributed by atoms with Gasteiger partial charge in [0, 0.05) is 170 Å². The normalized spacial score (nSPS) is 19.8. The molecule has 10 aliphatic heterocycles. The maximum absolute atomic E-state index is 9.18. The van der Waals surface area contributed by atoms with E-state index in [4.69, 9.17) is 52.4 Å². The van der Waals surface area contributed by atoms with Gasteiger partial charge < -0.3 is 120 Å². The van der Waals surface area contributed by atoms with E-state index in [1.54, 1.807) is 0 Å². The van der Waals surface area contributed by atoms with Gasteiger partial charge in [-0.05, 0) is 157 Å². The minimum atomic E-state index is 0.287. The van der Waals surface area contributed by atoms with Crippen molar-refractivity contribution in [3.63, 3.8) is 0 Å². The van der Waals surface area contributed by atoms with Crippen molar-refractivity contribution in [2.24, 2.45) is 0 Å². The first-order chi connectivity index (χ1) is 60.0. The Balaban J connectivity index is 0.000000151. The fraction of sp³-hybridized carbons (Fsp3) is 0.691. The minimum Gasteiger partial charge on any atom is -0.489 e. The third-order valence-corrected chi connectivity index (χ3v) is 28.1. The lowest BCUT2D eigenvalue weighted by molar-refractivity contribution is -0.914. The molecule has 0 saturated carbocycles. The number of piperazine rings is 3. The summed E-state index contributed by atoms with van der Waals surface area (Å²) in [7, 11) is 14.1. The topological polar surface area (TPSA) is 267 Å². The third-order valence-electron chi connectivity index (χ3n) is 28.1. The molecular weight excluding hydrogens is 1560 g/mol. The summed E-state index contributed by atoms with van der Waals surface area (Å²) in [5, 5.41) is 25.5. The van der Waals surface area contributed by atoms with Crippen LogP contribution in [0.4, 0.5) is 56.9 Å². The monoisotopic (exact) mass is 1730 g/mol. The highest BCUT2D eigenvalue weighted by Gasteiger charge is 2.33. The van der Waals surface area contributed by atoms with Gasteiger partial charge in [-0.2, -0.15) is 0 Å². The molecule has 14 N–H and O–H groups in total. The summed E-state index contributed by atoms with van der Waals surface area (Å²) in [6.45, 7) is 46.3. The molecule has 0 atom stereocenters. The second kappa shape index (κ2) is 49.8. The molecule has 0 amide bonds. The lowest BCUT2D eigenvalue weighted by Crippen LogP contribution is -2.58. The minimum absolute atomic E-state index is 0.287. The predicted octanol–water partition coefficient (Wildman–Crippen LogP) is 8.97. The Hall–Kier alpha value is -7.38. The summed E-state index contributed by atoms with van der Waals surface area (Å²) >= 11 is 0. The SMILES string of the molecule is C[N+]1(C)CCN(CCCCCCN2CCOc3cc(N)ccc32)CC1.C[N+]1(CCCCCCN2CCOc3cc(N)ccc32)CCCCC1.C[N+]1(CCCCCN2CCOc3cc(N)ccc32)CCCC1.C[N+]1(CCO)CCN(CCCNCCN2CCOc3cc(N)ccc32)CC1.C[N+]1(CCO)CCN(CCNCCN2CCOc3cc(N)ccc32)CC1. The van der Waals surface area contributed by atoms with Gasteiger partial charge in [-0.3, -0.25) is 14.7 Å². The van der Waals surface area contributed by atoms with Crippen molar-refractivity contribution in [3.8, 4) is 28.7 Å². The number of ether oxygens (including phenoxy) is 5. The van der Waals surface area contributed by atoms with Crippen molar-refractivity contribution in [1.29, 1.82) is 0 Å². The zero-order valence-corrected chi connectivity index (χ0v) is 77.9. The molecular formula is C97H169N20O7+5. The van der Waals surface area contributed by atoms with E-state index in [0.717, 1.165) is 281 Å². The van der Waals surface area contributed by atoms with Gasteiger partial charge in [-0.25, -0.2) is 0 Å². The number of rotatable bonds is 37. The van der Waals surface area contributed by atoms with Crippen molar-refractivity contribution in [3.05, 3.63) is 91.0 Å². The summed E-state index contributed by atoms with van der Waals surface area (Å²) in [6.07, 6.45) is 22.9. The summed E-state index contributed by atoms with van der Waals surface area (Å²) < 4.78 is 34.4. The van der Waals surface area contributed by atoms with E-state index in [0.29, 0.717) is 6.61 Å². The van der Waals surface area contributed by atoms with Crippen LogP contribution >= 0.6 is 0 Å². The number of nitrogens with two attached hydrogens (primary N) is 5. The zero-order chi connectivity index (χ0) is 87.5. The summed E-state index contributed by atoms with van der Waals surface area (Å²) in [4.78, 5) is 19.8. The van der Waals surface area contributed by atoms with Gasteiger partial charge in [-0.1, -0.05) is 19.3 Å². The van der Waals surface area contributed by atoms with E-state index in [2.05, 4.69) is 122 Å². The van der Waals surface area contributed by atoms with Crippen LogP contribution in [0.3, 0.4) is 0 Å². The molecule has 27 nitrogen and oxygen atoms in total. The number of fused-ring (bicyclic) bond motifs is 5. The molecule has 0 spiro atoms. The van der Waals surface area contributed by atoms with Crippen molar-refractivity contribution in [2.45, 2.75) is 109 Å². The molecule has 124 heavy (non-hydrogen) atoms. The Kier molecular flexibility index (Phi) is 39.1. The molecule has 5 aromatic rings.